The third kappa shape index (κ3) is 17.8. The molecule has 0 saturated heterocycles. The number of benzene rings is 4. The zero-order chi connectivity index (χ0) is 49.5. The predicted molar refractivity (Wildman–Crippen MR) is 267 cm³/mol. The van der Waals surface area contributed by atoms with Gasteiger partial charge in [0.2, 0.25) is 0 Å². The molecule has 0 saturated carbocycles. The van der Waals surface area contributed by atoms with Gasteiger partial charge in [-0.2, -0.15) is 0 Å². The zero-order valence-electron chi connectivity index (χ0n) is 40.8. The number of fused-ring (bicyclic) bond motifs is 4. The molecule has 2 aliphatic heterocycles. The Bertz CT molecular complexity index is 2530. The van der Waals surface area contributed by atoms with Crippen molar-refractivity contribution in [2.24, 2.45) is 5.92 Å². The molecule has 0 radical (unpaired) electrons. The zero-order valence-corrected chi connectivity index (χ0v) is 40.8. The molecule has 0 fully saturated rings. The maximum atomic E-state index is 13.8. The lowest BCUT2D eigenvalue weighted by Crippen LogP contribution is -2.30. The van der Waals surface area contributed by atoms with Crippen molar-refractivity contribution in [1.82, 2.24) is 9.97 Å². The Morgan fingerprint density at radius 1 is 0.500 bits per heavy atom. The van der Waals surface area contributed by atoms with Crippen LogP contribution in [-0.4, -0.2) is 46.6 Å². The second-order valence-electron chi connectivity index (χ2n) is 18.4. The number of carbonyl (C=O) groups excluding carboxylic acids is 4. The number of carbonyl (C=O) groups is 4. The highest BCUT2D eigenvalue weighted by molar-refractivity contribution is 5.82. The standard InChI is InChI=1S/C56H68N2O12/c1-3-5-7-9-11-13-15-17-19-21-53(61)65-38-44(68-54(62)22-20-18-16-14-12-10-8-6-4-2)31-39(32-55(63)66-42-25-29-47-51(36-42)69-49-34-40(59)23-27-45(49)57-47)33-56(64)67-43-26-30-48-52(37-43)70-50-35-41(60)24-28-46(50)58-48/h23-30,34-37,39,44H,3-22,31-33,38H2,1-2H3/t44-/m1/s1. The lowest BCUT2D eigenvalue weighted by Gasteiger charge is -2.23. The van der Waals surface area contributed by atoms with Crippen LogP contribution in [0.2, 0.25) is 0 Å². The fourth-order valence-corrected chi connectivity index (χ4v) is 8.54. The average Bonchev–Trinajstić information content (AvgIpc) is 3.33. The summed E-state index contributed by atoms with van der Waals surface area (Å²) in [5, 5.41) is 0. The Morgan fingerprint density at radius 3 is 1.39 bits per heavy atom. The summed E-state index contributed by atoms with van der Waals surface area (Å²) >= 11 is 0. The van der Waals surface area contributed by atoms with Gasteiger partial charge in [0.05, 0.1) is 0 Å². The molecule has 2 aromatic rings. The second kappa shape index (κ2) is 28.3. The Balaban J connectivity index is 1.14. The fraction of sp³-hybridized carbons (Fsp3) is 0.500. The lowest BCUT2D eigenvalue weighted by molar-refractivity contribution is -0.160. The summed E-state index contributed by atoms with van der Waals surface area (Å²) in [5.41, 5.74) is 2.02. The molecule has 14 heteroatoms. The molecule has 0 unspecified atom stereocenters. The number of aromatic nitrogens is 2. The van der Waals surface area contributed by atoms with Gasteiger partial charge < -0.3 is 27.8 Å². The van der Waals surface area contributed by atoms with Crippen molar-refractivity contribution in [3.8, 4) is 34.4 Å². The van der Waals surface area contributed by atoms with Crippen LogP contribution >= 0.6 is 0 Å². The summed E-state index contributed by atoms with van der Waals surface area (Å²) in [6.45, 7) is 4.15. The van der Waals surface area contributed by atoms with Crippen LogP contribution in [0.5, 0.6) is 11.5 Å². The minimum atomic E-state index is -0.974. The maximum Gasteiger partial charge on any atom is 0.311 e. The molecular formula is C56H68N2O12. The average molecular weight is 961 g/mol. The molecule has 0 amide bonds. The van der Waals surface area contributed by atoms with Crippen LogP contribution < -0.4 is 20.3 Å². The van der Waals surface area contributed by atoms with Crippen LogP contribution in [0.1, 0.15) is 162 Å². The van der Waals surface area contributed by atoms with Gasteiger partial charge >= 0.3 is 23.9 Å². The molecule has 1 atom stereocenters. The first-order chi connectivity index (χ1) is 34.0. The van der Waals surface area contributed by atoms with Crippen molar-refractivity contribution in [1.29, 1.82) is 0 Å². The first-order valence-corrected chi connectivity index (χ1v) is 25.5. The van der Waals surface area contributed by atoms with Crippen molar-refractivity contribution in [2.45, 2.75) is 168 Å². The van der Waals surface area contributed by atoms with E-state index >= 15 is 0 Å². The lowest BCUT2D eigenvalue weighted by atomic mass is 9.94. The highest BCUT2D eigenvalue weighted by Crippen LogP contribution is 2.30. The van der Waals surface area contributed by atoms with Crippen molar-refractivity contribution in [3.63, 3.8) is 0 Å². The second-order valence-corrected chi connectivity index (χ2v) is 18.4. The molecule has 2 heterocycles. The van der Waals surface area contributed by atoms with Gasteiger partial charge in [0, 0.05) is 49.9 Å². The van der Waals surface area contributed by atoms with Crippen LogP contribution in [0.4, 0.5) is 0 Å². The van der Waals surface area contributed by atoms with Gasteiger partial charge in [0.1, 0.15) is 46.6 Å². The van der Waals surface area contributed by atoms with Gasteiger partial charge in [-0.1, -0.05) is 117 Å². The first-order valence-electron chi connectivity index (χ1n) is 25.5. The molecule has 2 aromatic carbocycles. The Labute approximate surface area is 409 Å². The molecular weight excluding hydrogens is 893 g/mol. The highest BCUT2D eigenvalue weighted by atomic mass is 16.6. The Morgan fingerprint density at radius 2 is 0.929 bits per heavy atom. The largest absolute Gasteiger partial charge is 0.462 e. The smallest absolute Gasteiger partial charge is 0.311 e. The number of hydrogen-bond donors (Lipinski definition) is 0. The van der Waals surface area contributed by atoms with Gasteiger partial charge in [-0.3, -0.25) is 28.8 Å². The van der Waals surface area contributed by atoms with E-state index in [9.17, 15) is 28.8 Å². The van der Waals surface area contributed by atoms with Crippen LogP contribution in [0.3, 0.4) is 0 Å². The quantitative estimate of drug-likeness (QED) is 0.0173. The summed E-state index contributed by atoms with van der Waals surface area (Å²) in [4.78, 5) is 87.0. The van der Waals surface area contributed by atoms with Gasteiger partial charge in [-0.15, -0.1) is 0 Å². The van der Waals surface area contributed by atoms with Crippen LogP contribution in [0.25, 0.3) is 45.1 Å². The van der Waals surface area contributed by atoms with E-state index in [1.807, 2.05) is 0 Å². The molecule has 0 spiro atoms. The van der Waals surface area contributed by atoms with Crippen molar-refractivity contribution in [3.05, 3.63) is 93.2 Å². The summed E-state index contributed by atoms with van der Waals surface area (Å²) in [7, 11) is 0. The summed E-state index contributed by atoms with van der Waals surface area (Å²) < 4.78 is 35.1. The molecule has 0 aromatic heterocycles. The molecule has 70 heavy (non-hydrogen) atoms. The van der Waals surface area contributed by atoms with Crippen molar-refractivity contribution >= 4 is 46.1 Å². The van der Waals surface area contributed by atoms with E-state index in [2.05, 4.69) is 23.8 Å². The molecule has 374 valence electrons. The molecule has 0 N–H and O–H groups in total. The highest BCUT2D eigenvalue weighted by Gasteiger charge is 2.28. The first kappa shape index (κ1) is 52.9. The van der Waals surface area contributed by atoms with Crippen molar-refractivity contribution in [2.75, 3.05) is 6.61 Å². The maximum absolute atomic E-state index is 13.8. The topological polar surface area (TPSA) is 191 Å². The van der Waals surface area contributed by atoms with E-state index in [-0.39, 0.29) is 83.8 Å². The molecule has 4 aliphatic rings. The number of unbranched alkanes of at least 4 members (excludes halogenated alkanes) is 16. The van der Waals surface area contributed by atoms with Gasteiger partial charge in [0.25, 0.3) is 0 Å². The van der Waals surface area contributed by atoms with E-state index < -0.39 is 35.9 Å². The predicted octanol–water partition coefficient (Wildman–Crippen LogP) is 12.5. The number of nitrogens with zero attached hydrogens (tertiary/aromatic N) is 2. The van der Waals surface area contributed by atoms with Gasteiger partial charge in [-0.25, -0.2) is 9.97 Å². The number of hydrogen-bond acceptors (Lipinski definition) is 14. The number of rotatable bonds is 31. The normalized spacial score (nSPS) is 11.9. The van der Waals surface area contributed by atoms with E-state index in [0.717, 1.165) is 38.5 Å². The molecule has 0 bridgehead atoms. The molecule has 6 rings (SSSR count). The van der Waals surface area contributed by atoms with Crippen LogP contribution in [0, 0.1) is 5.92 Å². The molecule has 2 aliphatic carbocycles. The third-order valence-electron chi connectivity index (χ3n) is 12.3. The third-order valence-corrected chi connectivity index (χ3v) is 12.3. The van der Waals surface area contributed by atoms with Gasteiger partial charge in [-0.05, 0) is 73.7 Å². The minimum absolute atomic E-state index is 0.0278. The summed E-state index contributed by atoms with van der Waals surface area (Å²) in [6, 6.07) is 17.9. The number of ether oxygens (including phenoxy) is 4. The Kier molecular flexibility index (Phi) is 21.4. The van der Waals surface area contributed by atoms with E-state index in [0.29, 0.717) is 35.3 Å². The fourth-order valence-electron chi connectivity index (χ4n) is 8.54. The minimum Gasteiger partial charge on any atom is -0.462 e. The van der Waals surface area contributed by atoms with Gasteiger partial charge in [0.15, 0.2) is 33.5 Å². The summed E-state index contributed by atoms with van der Waals surface area (Å²) in [6.07, 6.45) is 18.4. The number of esters is 4. The van der Waals surface area contributed by atoms with Crippen LogP contribution in [0.15, 0.2) is 91.2 Å². The van der Waals surface area contributed by atoms with E-state index in [1.165, 1.54) is 101 Å². The summed E-state index contributed by atoms with van der Waals surface area (Å²) in [5.74, 6) is -2.25. The Hall–Kier alpha value is -6.44. The monoisotopic (exact) mass is 960 g/mol. The SMILES string of the molecule is CCCCCCCCCCCC(=O)OC[C@@H](CC(CC(=O)Oc1ccc2nc3ccc(=O)cc-3oc2c1)CC(=O)Oc1ccc2nc3ccc(=O)cc-3oc2c1)OC(=O)CCCCCCCCCCC. The van der Waals surface area contributed by atoms with Crippen LogP contribution in [-0.2, 0) is 28.7 Å². The van der Waals surface area contributed by atoms with E-state index in [4.69, 9.17) is 27.8 Å². The molecule has 14 nitrogen and oxygen atoms in total. The van der Waals surface area contributed by atoms with Crippen molar-refractivity contribution < 1.29 is 47.0 Å². The van der Waals surface area contributed by atoms with E-state index in [1.54, 1.807) is 36.4 Å².